The number of benzene rings is 1. The number of aliphatic hydroxyl groups excluding tert-OH is 1. The van der Waals surface area contributed by atoms with Gasteiger partial charge in [-0.15, -0.1) is 0 Å². The van der Waals surface area contributed by atoms with E-state index in [2.05, 4.69) is 35.0 Å². The molecule has 1 nitrogen and oxygen atoms in total. The second-order valence-corrected chi connectivity index (χ2v) is 5.06. The van der Waals surface area contributed by atoms with E-state index in [1.807, 2.05) is 19.1 Å². The first-order valence-electron chi connectivity index (χ1n) is 5.06. The molecule has 2 heteroatoms. The second kappa shape index (κ2) is 5.52. The van der Waals surface area contributed by atoms with Gasteiger partial charge in [-0.25, -0.2) is 0 Å². The van der Waals surface area contributed by atoms with E-state index >= 15 is 0 Å². The van der Waals surface area contributed by atoms with Gasteiger partial charge in [0.1, 0.15) is 0 Å². The molecule has 0 aliphatic carbocycles. The minimum Gasteiger partial charge on any atom is -0.387 e. The lowest BCUT2D eigenvalue weighted by Crippen LogP contribution is -2.07. The summed E-state index contributed by atoms with van der Waals surface area (Å²) in [7, 11) is 0. The molecule has 0 aromatic heterocycles. The van der Waals surface area contributed by atoms with Gasteiger partial charge in [-0.2, -0.15) is 0 Å². The number of alkyl halides is 1. The molecule has 0 aliphatic rings. The summed E-state index contributed by atoms with van der Waals surface area (Å²) in [4.78, 5) is 0.0968. The summed E-state index contributed by atoms with van der Waals surface area (Å²) in [5, 5.41) is 9.77. The van der Waals surface area contributed by atoms with Crippen LogP contribution in [-0.4, -0.2) is 9.93 Å². The first-order chi connectivity index (χ1) is 6.65. The molecule has 0 fully saturated rings. The number of halogens is 1. The van der Waals surface area contributed by atoms with E-state index in [4.69, 9.17) is 0 Å². The van der Waals surface area contributed by atoms with Crippen LogP contribution in [0.5, 0.6) is 0 Å². The Labute approximate surface area is 94.3 Å². The Hall–Kier alpha value is -0.340. The zero-order valence-corrected chi connectivity index (χ0v) is 10.3. The Kier molecular flexibility index (Phi) is 4.63. The van der Waals surface area contributed by atoms with Gasteiger partial charge in [0.05, 0.1) is 6.10 Å². The zero-order chi connectivity index (χ0) is 10.6. The minimum atomic E-state index is -0.411. The lowest BCUT2D eigenvalue weighted by molar-refractivity contribution is 0.181. The van der Waals surface area contributed by atoms with Crippen LogP contribution in [0.2, 0.25) is 0 Å². The standard InChI is InChI=1S/C12H17BrO/c1-3-4-10-5-7-11(8-6-10)12(14)9(2)13/h5-9,12,14H,3-4H2,1-2H3. The van der Waals surface area contributed by atoms with E-state index in [-0.39, 0.29) is 4.83 Å². The fourth-order valence-corrected chi connectivity index (χ4v) is 1.74. The van der Waals surface area contributed by atoms with Crippen LogP contribution in [0.3, 0.4) is 0 Å². The van der Waals surface area contributed by atoms with Gasteiger partial charge < -0.3 is 5.11 Å². The number of aryl methyl sites for hydroxylation is 1. The smallest absolute Gasteiger partial charge is 0.0912 e. The van der Waals surface area contributed by atoms with Crippen LogP contribution in [-0.2, 0) is 6.42 Å². The topological polar surface area (TPSA) is 20.2 Å². The van der Waals surface area contributed by atoms with Crippen molar-refractivity contribution in [1.82, 2.24) is 0 Å². The van der Waals surface area contributed by atoms with Crippen LogP contribution in [0.1, 0.15) is 37.5 Å². The van der Waals surface area contributed by atoms with E-state index in [1.165, 1.54) is 5.56 Å². The minimum absolute atomic E-state index is 0.0968. The summed E-state index contributed by atoms with van der Waals surface area (Å²) in [5.74, 6) is 0. The lowest BCUT2D eigenvalue weighted by Gasteiger charge is -2.13. The maximum Gasteiger partial charge on any atom is 0.0912 e. The molecule has 1 rings (SSSR count). The lowest BCUT2D eigenvalue weighted by atomic mass is 10.0. The predicted molar refractivity (Wildman–Crippen MR) is 63.8 cm³/mol. The molecule has 0 spiro atoms. The monoisotopic (exact) mass is 256 g/mol. The Balaban J connectivity index is 2.72. The first-order valence-corrected chi connectivity index (χ1v) is 5.97. The third-order valence-electron chi connectivity index (χ3n) is 2.29. The molecule has 0 saturated carbocycles. The maximum atomic E-state index is 9.77. The fraction of sp³-hybridized carbons (Fsp3) is 0.500. The van der Waals surface area contributed by atoms with Gasteiger partial charge in [0.15, 0.2) is 0 Å². The molecule has 1 aromatic carbocycles. The molecule has 0 radical (unpaired) electrons. The molecule has 14 heavy (non-hydrogen) atoms. The Morgan fingerprint density at radius 3 is 2.29 bits per heavy atom. The molecular formula is C12H17BrO. The number of hydrogen-bond donors (Lipinski definition) is 1. The quantitative estimate of drug-likeness (QED) is 0.819. The van der Waals surface area contributed by atoms with E-state index < -0.39 is 6.10 Å². The summed E-state index contributed by atoms with van der Waals surface area (Å²) >= 11 is 3.38. The van der Waals surface area contributed by atoms with Crippen molar-refractivity contribution in [2.75, 3.05) is 0 Å². The van der Waals surface area contributed by atoms with Crippen molar-refractivity contribution in [3.05, 3.63) is 35.4 Å². The molecule has 0 saturated heterocycles. The summed E-state index contributed by atoms with van der Waals surface area (Å²) in [6.07, 6.45) is 1.86. The molecule has 2 atom stereocenters. The fourth-order valence-electron chi connectivity index (χ4n) is 1.44. The highest BCUT2D eigenvalue weighted by Crippen LogP contribution is 2.22. The SMILES string of the molecule is CCCc1ccc(C(O)C(C)Br)cc1. The highest BCUT2D eigenvalue weighted by Gasteiger charge is 2.12. The van der Waals surface area contributed by atoms with E-state index in [9.17, 15) is 5.11 Å². The highest BCUT2D eigenvalue weighted by molar-refractivity contribution is 9.09. The van der Waals surface area contributed by atoms with E-state index in [1.54, 1.807) is 0 Å². The van der Waals surface area contributed by atoms with Crippen LogP contribution in [0.25, 0.3) is 0 Å². The third kappa shape index (κ3) is 3.10. The van der Waals surface area contributed by atoms with Gasteiger partial charge in [0.2, 0.25) is 0 Å². The van der Waals surface area contributed by atoms with Crippen molar-refractivity contribution >= 4 is 15.9 Å². The Morgan fingerprint density at radius 2 is 1.86 bits per heavy atom. The van der Waals surface area contributed by atoms with Gasteiger partial charge >= 0.3 is 0 Å². The molecule has 78 valence electrons. The van der Waals surface area contributed by atoms with Crippen LogP contribution < -0.4 is 0 Å². The van der Waals surface area contributed by atoms with Crippen molar-refractivity contribution in [2.45, 2.75) is 37.6 Å². The number of hydrogen-bond acceptors (Lipinski definition) is 1. The number of rotatable bonds is 4. The van der Waals surface area contributed by atoms with Crippen LogP contribution in [0, 0.1) is 0 Å². The van der Waals surface area contributed by atoms with Gasteiger partial charge in [-0.05, 0) is 24.5 Å². The van der Waals surface area contributed by atoms with E-state index in [0.29, 0.717) is 0 Å². The summed E-state index contributed by atoms with van der Waals surface area (Å²) in [6, 6.07) is 8.20. The summed E-state index contributed by atoms with van der Waals surface area (Å²) in [6.45, 7) is 4.12. The summed E-state index contributed by atoms with van der Waals surface area (Å²) < 4.78 is 0. The molecule has 0 heterocycles. The zero-order valence-electron chi connectivity index (χ0n) is 8.70. The molecule has 0 amide bonds. The van der Waals surface area contributed by atoms with Crippen LogP contribution >= 0.6 is 15.9 Å². The van der Waals surface area contributed by atoms with Crippen molar-refractivity contribution in [3.63, 3.8) is 0 Å². The average Bonchev–Trinajstić information content (AvgIpc) is 2.18. The Bertz CT molecular complexity index is 266. The van der Waals surface area contributed by atoms with Gasteiger partial charge in [0.25, 0.3) is 0 Å². The van der Waals surface area contributed by atoms with Gasteiger partial charge in [0, 0.05) is 4.83 Å². The molecule has 0 bridgehead atoms. The maximum absolute atomic E-state index is 9.77. The van der Waals surface area contributed by atoms with Crippen LogP contribution in [0.15, 0.2) is 24.3 Å². The molecule has 1 aromatic rings. The molecule has 1 N–H and O–H groups in total. The highest BCUT2D eigenvalue weighted by atomic mass is 79.9. The van der Waals surface area contributed by atoms with Crippen molar-refractivity contribution in [2.24, 2.45) is 0 Å². The van der Waals surface area contributed by atoms with E-state index in [0.717, 1.165) is 18.4 Å². The third-order valence-corrected chi connectivity index (χ3v) is 2.80. The molecular weight excluding hydrogens is 240 g/mol. The largest absolute Gasteiger partial charge is 0.387 e. The van der Waals surface area contributed by atoms with Crippen molar-refractivity contribution in [3.8, 4) is 0 Å². The second-order valence-electron chi connectivity index (χ2n) is 3.61. The molecule has 2 unspecified atom stereocenters. The summed E-state index contributed by atoms with van der Waals surface area (Å²) in [5.41, 5.74) is 2.32. The van der Waals surface area contributed by atoms with Gasteiger partial charge in [-0.1, -0.05) is 53.5 Å². The van der Waals surface area contributed by atoms with Crippen molar-refractivity contribution < 1.29 is 5.11 Å². The first kappa shape index (κ1) is 11.7. The van der Waals surface area contributed by atoms with Crippen molar-refractivity contribution in [1.29, 1.82) is 0 Å². The predicted octanol–water partition coefficient (Wildman–Crippen LogP) is 3.46. The Morgan fingerprint density at radius 1 is 1.29 bits per heavy atom. The normalized spacial score (nSPS) is 15.1. The average molecular weight is 257 g/mol. The number of aliphatic hydroxyl groups is 1. The van der Waals surface area contributed by atoms with Crippen LogP contribution in [0.4, 0.5) is 0 Å². The van der Waals surface area contributed by atoms with Gasteiger partial charge in [-0.3, -0.25) is 0 Å². The molecule has 0 aliphatic heterocycles.